The van der Waals surface area contributed by atoms with Gasteiger partial charge in [-0.1, -0.05) is 18.2 Å². The first-order chi connectivity index (χ1) is 7.45. The van der Waals surface area contributed by atoms with E-state index in [1.807, 2.05) is 0 Å². The monoisotopic (exact) mass is 197 g/mol. The molecular formula is C14H15N. The second kappa shape index (κ2) is 3.60. The number of nitrogens with zero attached hydrogens (tertiary/aromatic N) is 1. The Hall–Kier alpha value is -1.46. The van der Waals surface area contributed by atoms with Gasteiger partial charge in [-0.3, -0.25) is 0 Å². The highest BCUT2D eigenvalue weighted by atomic mass is 15.2. The molecule has 1 nitrogen and oxygen atoms in total. The van der Waals surface area contributed by atoms with E-state index in [1.54, 1.807) is 0 Å². The molecular weight excluding hydrogens is 182 g/mol. The van der Waals surface area contributed by atoms with E-state index in [2.05, 4.69) is 47.0 Å². The molecule has 3 rings (SSSR count). The smallest absolute Gasteiger partial charge is 0.0550 e. The minimum atomic E-state index is 0.568. The largest absolute Gasteiger partial charge is 0.364 e. The normalized spacial score (nSPS) is 23.2. The van der Waals surface area contributed by atoms with E-state index < -0.39 is 0 Å². The molecule has 15 heavy (non-hydrogen) atoms. The predicted octanol–water partition coefficient (Wildman–Crippen LogP) is 2.92. The molecule has 1 aliphatic carbocycles. The molecule has 0 amide bonds. The van der Waals surface area contributed by atoms with Crippen LogP contribution in [0, 0.1) is 0 Å². The minimum Gasteiger partial charge on any atom is -0.364 e. The van der Waals surface area contributed by atoms with Crippen LogP contribution in [0.25, 0.3) is 0 Å². The van der Waals surface area contributed by atoms with Crippen LogP contribution in [0.5, 0.6) is 0 Å². The molecule has 0 fully saturated rings. The average Bonchev–Trinajstić information content (AvgIpc) is 2.74. The molecule has 1 unspecified atom stereocenters. The lowest BCUT2D eigenvalue weighted by Gasteiger charge is -2.28. The van der Waals surface area contributed by atoms with Gasteiger partial charge in [0.2, 0.25) is 0 Å². The fraction of sp³-hybridized carbons (Fsp3) is 0.357. The van der Waals surface area contributed by atoms with Crippen molar-refractivity contribution in [2.75, 3.05) is 11.4 Å². The van der Waals surface area contributed by atoms with E-state index in [0.717, 1.165) is 0 Å². The molecule has 0 bridgehead atoms. The van der Waals surface area contributed by atoms with Gasteiger partial charge in [-0.2, -0.15) is 0 Å². The van der Waals surface area contributed by atoms with Crippen LogP contribution in [0.4, 0.5) is 5.69 Å². The number of hydrogen-bond donors (Lipinski definition) is 0. The maximum absolute atomic E-state index is 3.25. The zero-order valence-corrected chi connectivity index (χ0v) is 8.82. The van der Waals surface area contributed by atoms with Crippen LogP contribution in [-0.2, 0) is 6.42 Å². The summed E-state index contributed by atoms with van der Waals surface area (Å²) in [7, 11) is 0. The first-order valence-electron chi connectivity index (χ1n) is 5.71. The number of para-hydroxylation sites is 1. The molecule has 1 atom stereocenters. The van der Waals surface area contributed by atoms with Gasteiger partial charge in [-0.15, -0.1) is 5.73 Å². The zero-order chi connectivity index (χ0) is 10.1. The lowest BCUT2D eigenvalue weighted by molar-refractivity contribution is 0.651. The van der Waals surface area contributed by atoms with Crippen molar-refractivity contribution in [2.45, 2.75) is 25.3 Å². The molecule has 0 radical (unpaired) electrons. The van der Waals surface area contributed by atoms with Crippen molar-refractivity contribution in [3.63, 3.8) is 0 Å². The van der Waals surface area contributed by atoms with E-state index in [1.165, 1.54) is 37.1 Å². The maximum Gasteiger partial charge on any atom is 0.0550 e. The first-order valence-corrected chi connectivity index (χ1v) is 5.71. The molecule has 76 valence electrons. The molecule has 1 aliphatic heterocycles. The highest BCUT2D eigenvalue weighted by Crippen LogP contribution is 2.31. The molecule has 1 aromatic rings. The Kier molecular flexibility index (Phi) is 2.12. The van der Waals surface area contributed by atoms with Crippen molar-refractivity contribution in [1.29, 1.82) is 0 Å². The SMILES string of the molecule is C1=CCCC(N2CCc3ccccc32)C=1. The van der Waals surface area contributed by atoms with Crippen LogP contribution >= 0.6 is 0 Å². The van der Waals surface area contributed by atoms with Crippen molar-refractivity contribution in [2.24, 2.45) is 0 Å². The van der Waals surface area contributed by atoms with Crippen molar-refractivity contribution < 1.29 is 0 Å². The summed E-state index contributed by atoms with van der Waals surface area (Å²) in [6, 6.07) is 9.34. The molecule has 1 heteroatoms. The van der Waals surface area contributed by atoms with E-state index in [0.29, 0.717) is 6.04 Å². The number of anilines is 1. The molecule has 0 N–H and O–H groups in total. The Morgan fingerprint density at radius 2 is 2.20 bits per heavy atom. The lowest BCUT2D eigenvalue weighted by atomic mass is 10.1. The summed E-state index contributed by atoms with van der Waals surface area (Å²) in [5.41, 5.74) is 6.18. The van der Waals surface area contributed by atoms with Crippen molar-refractivity contribution in [3.8, 4) is 0 Å². The third kappa shape index (κ3) is 1.49. The molecule has 0 saturated heterocycles. The number of fused-ring (bicyclic) bond motifs is 1. The van der Waals surface area contributed by atoms with Gasteiger partial charge in [0.15, 0.2) is 0 Å². The average molecular weight is 197 g/mol. The van der Waals surface area contributed by atoms with Crippen molar-refractivity contribution >= 4 is 5.69 Å². The summed E-state index contributed by atoms with van der Waals surface area (Å²) in [5.74, 6) is 0. The van der Waals surface area contributed by atoms with Gasteiger partial charge in [-0.05, 0) is 43.0 Å². The summed E-state index contributed by atoms with van der Waals surface area (Å²) < 4.78 is 0. The number of hydrogen-bond acceptors (Lipinski definition) is 1. The summed E-state index contributed by atoms with van der Waals surface area (Å²) >= 11 is 0. The van der Waals surface area contributed by atoms with Gasteiger partial charge in [0.1, 0.15) is 0 Å². The molecule has 1 heterocycles. The molecule has 0 aromatic heterocycles. The van der Waals surface area contributed by atoms with Gasteiger partial charge in [0.25, 0.3) is 0 Å². The van der Waals surface area contributed by atoms with E-state index >= 15 is 0 Å². The van der Waals surface area contributed by atoms with Gasteiger partial charge >= 0.3 is 0 Å². The van der Waals surface area contributed by atoms with Crippen LogP contribution < -0.4 is 4.90 Å². The van der Waals surface area contributed by atoms with Gasteiger partial charge in [0.05, 0.1) is 6.04 Å². The van der Waals surface area contributed by atoms with Gasteiger partial charge in [-0.25, -0.2) is 0 Å². The van der Waals surface area contributed by atoms with E-state index in [9.17, 15) is 0 Å². The number of benzene rings is 1. The predicted molar refractivity (Wildman–Crippen MR) is 63.2 cm³/mol. The van der Waals surface area contributed by atoms with Crippen LogP contribution in [-0.4, -0.2) is 12.6 Å². The first kappa shape index (κ1) is 8.82. The second-order valence-electron chi connectivity index (χ2n) is 4.25. The van der Waals surface area contributed by atoms with Crippen LogP contribution in [0.3, 0.4) is 0 Å². The summed E-state index contributed by atoms with van der Waals surface area (Å²) in [4.78, 5) is 2.52. The Balaban J connectivity index is 1.93. The summed E-state index contributed by atoms with van der Waals surface area (Å²) in [6.45, 7) is 1.17. The molecule has 1 aromatic carbocycles. The third-order valence-corrected chi connectivity index (χ3v) is 3.34. The second-order valence-corrected chi connectivity index (χ2v) is 4.25. The van der Waals surface area contributed by atoms with E-state index in [-0.39, 0.29) is 0 Å². The molecule has 0 saturated carbocycles. The van der Waals surface area contributed by atoms with Crippen LogP contribution in [0.15, 0.2) is 42.1 Å². The van der Waals surface area contributed by atoms with Gasteiger partial charge in [0, 0.05) is 12.2 Å². The molecule has 2 aliphatic rings. The zero-order valence-electron chi connectivity index (χ0n) is 8.82. The Morgan fingerprint density at radius 1 is 1.27 bits per heavy atom. The Morgan fingerprint density at radius 3 is 3.07 bits per heavy atom. The van der Waals surface area contributed by atoms with Crippen LogP contribution in [0.1, 0.15) is 18.4 Å². The van der Waals surface area contributed by atoms with Crippen LogP contribution in [0.2, 0.25) is 0 Å². The van der Waals surface area contributed by atoms with E-state index in [4.69, 9.17) is 0 Å². The highest BCUT2D eigenvalue weighted by Gasteiger charge is 2.24. The standard InChI is InChI=1S/C14H15N/c1-2-7-13(8-3-1)15-11-10-12-6-4-5-9-14(12)15/h1,4-6,8-9,13H,2,7,10-11H2. The number of rotatable bonds is 1. The maximum atomic E-state index is 3.25. The fourth-order valence-corrected chi connectivity index (χ4v) is 2.55. The fourth-order valence-electron chi connectivity index (χ4n) is 2.55. The topological polar surface area (TPSA) is 3.24 Å². The minimum absolute atomic E-state index is 0.568. The quantitative estimate of drug-likeness (QED) is 0.626. The summed E-state index contributed by atoms with van der Waals surface area (Å²) in [5, 5.41) is 0. The van der Waals surface area contributed by atoms with Crippen molar-refractivity contribution in [1.82, 2.24) is 0 Å². The third-order valence-electron chi connectivity index (χ3n) is 3.34. The van der Waals surface area contributed by atoms with Crippen molar-refractivity contribution in [3.05, 3.63) is 47.7 Å². The lowest BCUT2D eigenvalue weighted by Crippen LogP contribution is -2.32. The Labute approximate surface area is 90.7 Å². The molecule has 0 spiro atoms. The van der Waals surface area contributed by atoms with Gasteiger partial charge < -0.3 is 4.90 Å². The Bertz CT molecular complexity index is 427. The highest BCUT2D eigenvalue weighted by molar-refractivity contribution is 5.59. The summed E-state index contributed by atoms with van der Waals surface area (Å²) in [6.07, 6.45) is 7.95.